The molecule has 56 valence electrons. The molecule has 1 atom stereocenters. The smallest absolute Gasteiger partial charge is 0.000289 e. The van der Waals surface area contributed by atoms with Gasteiger partial charge in [0.15, 0.2) is 0 Å². The van der Waals surface area contributed by atoms with Crippen LogP contribution >= 0.6 is 0 Å². The molecule has 0 N–H and O–H groups in total. The standard InChI is InChI=1S/C6H14S3/c1-3-6(2)4-5-9(7)8/h6,9H,3-5H2,1-2H3/t6-/m0/s1. The molecule has 0 nitrogen and oxygen atoms in total. The molecule has 0 bridgehead atoms. The predicted octanol–water partition coefficient (Wildman–Crippen LogP) is 1.70. The van der Waals surface area contributed by atoms with Gasteiger partial charge in [-0.15, -0.1) is 8.01 Å². The predicted molar refractivity (Wildman–Crippen MR) is 52.4 cm³/mol. The van der Waals surface area contributed by atoms with E-state index in [4.69, 9.17) is 22.4 Å². The minimum atomic E-state index is -0.472. The van der Waals surface area contributed by atoms with Crippen LogP contribution in [-0.2, 0) is 30.4 Å². The molecule has 0 fully saturated rings. The SMILES string of the molecule is CC[C@H](C)CC[SH](=S)=S. The zero-order valence-corrected chi connectivity index (χ0v) is 8.49. The lowest BCUT2D eigenvalue weighted by molar-refractivity contribution is 0.549. The highest BCUT2D eigenvalue weighted by molar-refractivity contribution is 8.46. The van der Waals surface area contributed by atoms with E-state index in [2.05, 4.69) is 13.8 Å². The summed E-state index contributed by atoms with van der Waals surface area (Å²) in [5.74, 6) is 1.91. The molecule has 0 aromatic rings. The van der Waals surface area contributed by atoms with Crippen LogP contribution in [0.4, 0.5) is 0 Å². The van der Waals surface area contributed by atoms with Crippen LogP contribution < -0.4 is 0 Å². The lowest BCUT2D eigenvalue weighted by Gasteiger charge is -2.03. The fourth-order valence-electron chi connectivity index (χ4n) is 0.530. The van der Waals surface area contributed by atoms with Crippen LogP contribution in [0.15, 0.2) is 0 Å². The number of thiol groups is 1. The van der Waals surface area contributed by atoms with Crippen LogP contribution in [-0.4, -0.2) is 5.75 Å². The summed E-state index contributed by atoms with van der Waals surface area (Å²) >= 11 is 9.85. The summed E-state index contributed by atoms with van der Waals surface area (Å²) in [6.07, 6.45) is 2.49. The Morgan fingerprint density at radius 1 is 1.44 bits per heavy atom. The molecule has 3 heteroatoms. The fraction of sp³-hybridized carbons (Fsp3) is 1.00. The Bertz CT molecular complexity index is 118. The van der Waals surface area contributed by atoms with Crippen molar-refractivity contribution in [2.45, 2.75) is 26.7 Å². The van der Waals surface area contributed by atoms with Crippen LogP contribution in [0.3, 0.4) is 0 Å². The van der Waals surface area contributed by atoms with E-state index in [1.54, 1.807) is 0 Å². The Hall–Kier alpha value is 0.790. The van der Waals surface area contributed by atoms with Crippen molar-refractivity contribution in [3.63, 3.8) is 0 Å². The monoisotopic (exact) mass is 182 g/mol. The van der Waals surface area contributed by atoms with Crippen LogP contribution in [0, 0.1) is 5.92 Å². The first-order valence-corrected chi connectivity index (χ1v) is 6.84. The van der Waals surface area contributed by atoms with E-state index in [1.807, 2.05) is 0 Å². The van der Waals surface area contributed by atoms with E-state index < -0.39 is 8.01 Å². The average molecular weight is 182 g/mol. The highest BCUT2D eigenvalue weighted by Gasteiger charge is 1.95. The van der Waals surface area contributed by atoms with E-state index in [9.17, 15) is 0 Å². The molecule has 0 rings (SSSR count). The topological polar surface area (TPSA) is 0 Å². The number of rotatable bonds is 4. The molecular formula is C6H14S3. The Balaban J connectivity index is 3.27. The first-order chi connectivity index (χ1) is 4.16. The zero-order valence-electron chi connectivity index (χ0n) is 5.96. The van der Waals surface area contributed by atoms with Gasteiger partial charge in [0, 0.05) is 0 Å². The molecule has 0 heterocycles. The molecule has 0 aliphatic rings. The summed E-state index contributed by atoms with van der Waals surface area (Å²) in [6, 6.07) is 0. The Labute approximate surface area is 68.9 Å². The van der Waals surface area contributed by atoms with Gasteiger partial charge in [-0.1, -0.05) is 42.6 Å². The van der Waals surface area contributed by atoms with Crippen LogP contribution in [0.1, 0.15) is 26.7 Å². The van der Waals surface area contributed by atoms with Gasteiger partial charge < -0.3 is 0 Å². The molecule has 0 aliphatic heterocycles. The molecule has 0 unspecified atom stereocenters. The molecule has 0 saturated carbocycles. The quantitative estimate of drug-likeness (QED) is 0.657. The van der Waals surface area contributed by atoms with Crippen molar-refractivity contribution in [3.05, 3.63) is 0 Å². The van der Waals surface area contributed by atoms with Gasteiger partial charge in [-0.2, -0.15) is 0 Å². The molecule has 0 spiro atoms. The first-order valence-electron chi connectivity index (χ1n) is 3.28. The Kier molecular flexibility index (Phi) is 6.05. The van der Waals surface area contributed by atoms with Crippen LogP contribution in [0.5, 0.6) is 0 Å². The third-order valence-corrected chi connectivity index (χ3v) is 3.22. The number of hydrogen-bond donors (Lipinski definition) is 1. The third kappa shape index (κ3) is 6.68. The summed E-state index contributed by atoms with van der Waals surface area (Å²) in [7, 11) is -0.472. The normalized spacial score (nSPS) is 14.1. The molecule has 0 aromatic heterocycles. The molecule has 9 heavy (non-hydrogen) atoms. The van der Waals surface area contributed by atoms with Crippen LogP contribution in [0.2, 0.25) is 0 Å². The molecule has 0 amide bonds. The van der Waals surface area contributed by atoms with Gasteiger partial charge >= 0.3 is 0 Å². The minimum absolute atomic E-state index is 0.472. The first kappa shape index (κ1) is 9.79. The average Bonchev–Trinajstić information content (AvgIpc) is 1.83. The lowest BCUT2D eigenvalue weighted by atomic mass is 10.1. The summed E-state index contributed by atoms with van der Waals surface area (Å²) in [5, 5.41) is 0. The second kappa shape index (κ2) is 5.57. The second-order valence-electron chi connectivity index (χ2n) is 2.36. The van der Waals surface area contributed by atoms with Crippen molar-refractivity contribution < 1.29 is 0 Å². The largest absolute Gasteiger partial charge is 0.101 e. The van der Waals surface area contributed by atoms with E-state index in [-0.39, 0.29) is 0 Å². The fourth-order valence-corrected chi connectivity index (χ4v) is 1.81. The van der Waals surface area contributed by atoms with Crippen molar-refractivity contribution in [1.29, 1.82) is 0 Å². The van der Waals surface area contributed by atoms with Crippen molar-refractivity contribution in [2.75, 3.05) is 5.75 Å². The molecule has 0 aliphatic carbocycles. The van der Waals surface area contributed by atoms with E-state index in [0.29, 0.717) is 0 Å². The van der Waals surface area contributed by atoms with Crippen molar-refractivity contribution >= 4 is 30.4 Å². The molecular weight excluding hydrogens is 168 g/mol. The highest BCUT2D eigenvalue weighted by atomic mass is 33.1. The van der Waals surface area contributed by atoms with Gasteiger partial charge in [-0.25, -0.2) is 0 Å². The Morgan fingerprint density at radius 3 is 2.33 bits per heavy atom. The minimum Gasteiger partial charge on any atom is -0.101 e. The van der Waals surface area contributed by atoms with Gasteiger partial charge in [-0.05, 0) is 18.1 Å². The zero-order chi connectivity index (χ0) is 7.28. The van der Waals surface area contributed by atoms with E-state index in [1.165, 1.54) is 12.8 Å². The van der Waals surface area contributed by atoms with Crippen molar-refractivity contribution in [2.24, 2.45) is 5.92 Å². The Morgan fingerprint density at radius 2 is 2.00 bits per heavy atom. The maximum atomic E-state index is 4.92. The molecule has 0 aromatic carbocycles. The van der Waals surface area contributed by atoms with E-state index >= 15 is 0 Å². The van der Waals surface area contributed by atoms with Crippen molar-refractivity contribution in [3.8, 4) is 0 Å². The van der Waals surface area contributed by atoms with Gasteiger partial charge in [0.2, 0.25) is 0 Å². The highest BCUT2D eigenvalue weighted by Crippen LogP contribution is 2.05. The van der Waals surface area contributed by atoms with Crippen molar-refractivity contribution in [1.82, 2.24) is 0 Å². The molecule has 0 saturated heterocycles. The van der Waals surface area contributed by atoms with E-state index in [0.717, 1.165) is 11.7 Å². The summed E-state index contributed by atoms with van der Waals surface area (Å²) < 4.78 is 0. The molecule has 0 radical (unpaired) electrons. The summed E-state index contributed by atoms with van der Waals surface area (Å²) in [4.78, 5) is 0. The lowest BCUT2D eigenvalue weighted by Crippen LogP contribution is -1.96. The van der Waals surface area contributed by atoms with Crippen LogP contribution in [0.25, 0.3) is 0 Å². The maximum Gasteiger partial charge on any atom is -0.000289 e. The van der Waals surface area contributed by atoms with Gasteiger partial charge in [0.1, 0.15) is 0 Å². The third-order valence-electron chi connectivity index (χ3n) is 1.50. The van der Waals surface area contributed by atoms with Gasteiger partial charge in [0.05, 0.1) is 0 Å². The van der Waals surface area contributed by atoms with Gasteiger partial charge in [0.25, 0.3) is 0 Å². The van der Waals surface area contributed by atoms with Gasteiger partial charge in [-0.3, -0.25) is 0 Å². The maximum absolute atomic E-state index is 4.92. The summed E-state index contributed by atoms with van der Waals surface area (Å²) in [5.41, 5.74) is 0. The summed E-state index contributed by atoms with van der Waals surface area (Å²) in [6.45, 7) is 4.46. The second-order valence-corrected chi connectivity index (χ2v) is 6.81. The number of hydrogen-bond acceptors (Lipinski definition) is 2.